The summed E-state index contributed by atoms with van der Waals surface area (Å²) in [6.45, 7) is 4.63. The molecule has 0 amide bonds. The average molecular weight is 477 g/mol. The molecule has 2 aromatic rings. The van der Waals surface area contributed by atoms with Crippen molar-refractivity contribution >= 4 is 27.7 Å². The van der Waals surface area contributed by atoms with Crippen LogP contribution in [0.15, 0.2) is 47.4 Å². The molecule has 1 heterocycles. The molecule has 1 aliphatic rings. The first-order valence-corrected chi connectivity index (χ1v) is 13.0. The Bertz CT molecular complexity index is 782. The number of benzene rings is 2. The first-order chi connectivity index (χ1) is 14.2. The lowest BCUT2D eigenvalue weighted by molar-refractivity contribution is 0.297. The van der Waals surface area contributed by atoms with E-state index in [0.717, 1.165) is 36.1 Å². The van der Waals surface area contributed by atoms with Crippen LogP contribution >= 0.6 is 27.7 Å². The quantitative estimate of drug-likeness (QED) is 0.389. The number of rotatable bonds is 9. The van der Waals surface area contributed by atoms with Gasteiger partial charge in [-0.05, 0) is 54.5 Å². The molecule has 3 rings (SSSR count). The fourth-order valence-corrected chi connectivity index (χ4v) is 5.91. The second kappa shape index (κ2) is 10.9. The smallest absolute Gasteiger partial charge is 0.122 e. The maximum absolute atomic E-state index is 5.82. The van der Waals surface area contributed by atoms with Gasteiger partial charge < -0.3 is 4.74 Å². The maximum atomic E-state index is 5.82. The van der Waals surface area contributed by atoms with E-state index in [-0.39, 0.29) is 11.6 Å². The highest BCUT2D eigenvalue weighted by Gasteiger charge is 2.36. The molecule has 1 N–H and O–H groups in total. The van der Waals surface area contributed by atoms with E-state index in [1.54, 1.807) is 7.11 Å². The van der Waals surface area contributed by atoms with Gasteiger partial charge in [0, 0.05) is 21.5 Å². The number of fused-ring (bicyclic) bond motifs is 1. The summed E-state index contributed by atoms with van der Waals surface area (Å²) in [6, 6.07) is 15.8. The van der Waals surface area contributed by atoms with Crippen LogP contribution in [0.25, 0.3) is 0 Å². The van der Waals surface area contributed by atoms with E-state index < -0.39 is 0 Å². The lowest BCUT2D eigenvalue weighted by Crippen LogP contribution is -2.48. The Morgan fingerprint density at radius 3 is 2.62 bits per heavy atom. The summed E-state index contributed by atoms with van der Waals surface area (Å²) in [7, 11) is 1.80. The molecule has 2 atom stereocenters. The third-order valence-electron chi connectivity index (χ3n) is 6.08. The number of unbranched alkanes of at least 4 members (excludes halogenated alkanes) is 1. The molecule has 0 saturated heterocycles. The topological polar surface area (TPSA) is 21.3 Å². The number of thioether (sulfide) groups is 1. The predicted octanol–water partition coefficient (Wildman–Crippen LogP) is 7.15. The highest BCUT2D eigenvalue weighted by molar-refractivity contribution is 9.09. The van der Waals surface area contributed by atoms with Crippen LogP contribution < -0.4 is 10.1 Å². The second-order valence-electron chi connectivity index (χ2n) is 8.01. The number of alkyl halides is 1. The largest absolute Gasteiger partial charge is 0.496 e. The molecule has 2 aromatic carbocycles. The van der Waals surface area contributed by atoms with Crippen molar-refractivity contribution in [2.45, 2.75) is 68.8 Å². The SMILES string of the molecule is CCCC[C@]1(CC)CSc2cc(CCCBr)c(OC)cc2[C@@H](c2ccccc2)N1. The van der Waals surface area contributed by atoms with Crippen molar-refractivity contribution in [2.75, 3.05) is 18.2 Å². The Balaban J connectivity index is 2.07. The van der Waals surface area contributed by atoms with Crippen LogP contribution in [0.2, 0.25) is 0 Å². The predicted molar refractivity (Wildman–Crippen MR) is 130 cm³/mol. The summed E-state index contributed by atoms with van der Waals surface area (Å²) < 4.78 is 5.82. The number of aryl methyl sites for hydroxylation is 1. The third kappa shape index (κ3) is 5.39. The van der Waals surface area contributed by atoms with Crippen LogP contribution in [0.4, 0.5) is 0 Å². The van der Waals surface area contributed by atoms with E-state index in [0.29, 0.717) is 0 Å². The van der Waals surface area contributed by atoms with Gasteiger partial charge in [-0.1, -0.05) is 73.0 Å². The van der Waals surface area contributed by atoms with E-state index in [1.165, 1.54) is 40.8 Å². The maximum Gasteiger partial charge on any atom is 0.122 e. The van der Waals surface area contributed by atoms with E-state index in [9.17, 15) is 0 Å². The van der Waals surface area contributed by atoms with Crippen LogP contribution in [0, 0.1) is 0 Å². The zero-order valence-electron chi connectivity index (χ0n) is 18.0. The minimum absolute atomic E-state index is 0.156. The Morgan fingerprint density at radius 2 is 1.97 bits per heavy atom. The number of ether oxygens (including phenoxy) is 1. The second-order valence-corrected chi connectivity index (χ2v) is 9.82. The fraction of sp³-hybridized carbons (Fsp3) is 0.520. The van der Waals surface area contributed by atoms with Gasteiger partial charge in [0.2, 0.25) is 0 Å². The molecule has 0 bridgehead atoms. The lowest BCUT2D eigenvalue weighted by Gasteiger charge is -2.36. The van der Waals surface area contributed by atoms with Crippen molar-refractivity contribution in [3.63, 3.8) is 0 Å². The van der Waals surface area contributed by atoms with Crippen molar-refractivity contribution in [1.82, 2.24) is 5.32 Å². The van der Waals surface area contributed by atoms with Crippen LogP contribution in [0.5, 0.6) is 5.75 Å². The zero-order valence-corrected chi connectivity index (χ0v) is 20.4. The lowest BCUT2D eigenvalue weighted by atomic mass is 9.87. The summed E-state index contributed by atoms with van der Waals surface area (Å²) in [5.74, 6) is 2.13. The van der Waals surface area contributed by atoms with Gasteiger partial charge in [-0.3, -0.25) is 5.32 Å². The highest BCUT2D eigenvalue weighted by atomic mass is 79.9. The van der Waals surface area contributed by atoms with Crippen molar-refractivity contribution in [3.8, 4) is 5.75 Å². The van der Waals surface area contributed by atoms with Gasteiger partial charge in [0.05, 0.1) is 13.2 Å². The zero-order chi connectivity index (χ0) is 20.7. The molecule has 0 aromatic heterocycles. The number of hydrogen-bond acceptors (Lipinski definition) is 3. The molecule has 158 valence electrons. The molecular formula is C25H34BrNOS. The Morgan fingerprint density at radius 1 is 1.17 bits per heavy atom. The van der Waals surface area contributed by atoms with E-state index >= 15 is 0 Å². The van der Waals surface area contributed by atoms with Gasteiger partial charge in [-0.2, -0.15) is 0 Å². The van der Waals surface area contributed by atoms with Gasteiger partial charge in [0.1, 0.15) is 5.75 Å². The molecule has 2 nitrogen and oxygen atoms in total. The summed E-state index contributed by atoms with van der Waals surface area (Å²) in [4.78, 5) is 1.41. The summed E-state index contributed by atoms with van der Waals surface area (Å²) in [6.07, 6.45) is 7.03. The van der Waals surface area contributed by atoms with Crippen molar-refractivity contribution in [2.24, 2.45) is 0 Å². The first-order valence-electron chi connectivity index (χ1n) is 10.9. The summed E-state index contributed by atoms with van der Waals surface area (Å²) in [5.41, 5.74) is 4.17. The molecule has 4 heteroatoms. The van der Waals surface area contributed by atoms with E-state index in [4.69, 9.17) is 4.74 Å². The molecule has 1 aliphatic heterocycles. The van der Waals surface area contributed by atoms with Gasteiger partial charge in [-0.15, -0.1) is 11.8 Å². The number of hydrogen-bond donors (Lipinski definition) is 1. The van der Waals surface area contributed by atoms with Crippen molar-refractivity contribution in [1.29, 1.82) is 0 Å². The monoisotopic (exact) mass is 475 g/mol. The summed E-state index contributed by atoms with van der Waals surface area (Å²) in [5, 5.41) is 5.13. The molecule has 0 spiro atoms. The minimum Gasteiger partial charge on any atom is -0.496 e. The molecule has 0 radical (unpaired) electrons. The molecule has 29 heavy (non-hydrogen) atoms. The molecule has 0 unspecified atom stereocenters. The van der Waals surface area contributed by atoms with E-state index in [1.807, 2.05) is 11.8 Å². The van der Waals surface area contributed by atoms with Crippen LogP contribution in [0.1, 0.15) is 68.7 Å². The van der Waals surface area contributed by atoms with Crippen molar-refractivity contribution in [3.05, 3.63) is 59.2 Å². The molecule has 0 fully saturated rings. The van der Waals surface area contributed by atoms with E-state index in [2.05, 4.69) is 77.6 Å². The number of methoxy groups -OCH3 is 1. The Kier molecular flexibility index (Phi) is 8.52. The fourth-order valence-electron chi connectivity index (χ4n) is 4.20. The van der Waals surface area contributed by atoms with Crippen molar-refractivity contribution < 1.29 is 4.74 Å². The van der Waals surface area contributed by atoms with Crippen LogP contribution in [-0.2, 0) is 6.42 Å². The third-order valence-corrected chi connectivity index (χ3v) is 8.00. The average Bonchev–Trinajstić information content (AvgIpc) is 2.93. The van der Waals surface area contributed by atoms with Gasteiger partial charge in [0.25, 0.3) is 0 Å². The van der Waals surface area contributed by atoms with Gasteiger partial charge in [-0.25, -0.2) is 0 Å². The van der Waals surface area contributed by atoms with Gasteiger partial charge >= 0.3 is 0 Å². The highest BCUT2D eigenvalue weighted by Crippen LogP contribution is 2.43. The van der Waals surface area contributed by atoms with Gasteiger partial charge in [0.15, 0.2) is 0 Å². The van der Waals surface area contributed by atoms with Crippen LogP contribution in [0.3, 0.4) is 0 Å². The number of halogens is 1. The Hall–Kier alpha value is -0.970. The first kappa shape index (κ1) is 22.7. The number of nitrogens with one attached hydrogen (secondary N) is 1. The van der Waals surface area contributed by atoms with Crippen LogP contribution in [-0.4, -0.2) is 23.7 Å². The minimum atomic E-state index is 0.156. The Labute approximate surface area is 189 Å². The standard InChI is InChI=1S/C25H34BrNOS/c1-4-6-14-25(5-2)18-29-23-16-20(13-10-15-26)22(28-3)17-21(23)24(27-25)19-11-8-7-9-12-19/h7-9,11-12,16-17,24,27H,4-6,10,13-15,18H2,1-3H3/t24-,25-/m1/s1. The summed E-state index contributed by atoms with van der Waals surface area (Å²) >= 11 is 5.60. The normalized spacial score (nSPS) is 21.4. The molecule has 0 saturated carbocycles. The molecule has 0 aliphatic carbocycles. The molecular weight excluding hydrogens is 442 g/mol.